The zero-order valence-corrected chi connectivity index (χ0v) is 18.5. The molecular weight excluding hydrogens is 428 g/mol. The molecule has 0 aliphatic rings. The monoisotopic (exact) mass is 448 g/mol. The second-order valence-electron chi connectivity index (χ2n) is 7.01. The molecule has 3 aromatic carbocycles. The van der Waals surface area contributed by atoms with Crippen molar-refractivity contribution >= 4 is 35.0 Å². The molecule has 156 valence electrons. The van der Waals surface area contributed by atoms with Gasteiger partial charge in [0, 0.05) is 11.3 Å². The highest BCUT2D eigenvalue weighted by atomic mass is 35.5. The van der Waals surface area contributed by atoms with Gasteiger partial charge in [-0.3, -0.25) is 9.36 Å². The topological polar surface area (TPSA) is 59.8 Å². The summed E-state index contributed by atoms with van der Waals surface area (Å²) >= 11 is 7.78. The van der Waals surface area contributed by atoms with Crippen molar-refractivity contribution in [2.75, 3.05) is 11.1 Å². The summed E-state index contributed by atoms with van der Waals surface area (Å²) in [6.07, 6.45) is 0. The molecule has 4 rings (SSSR count). The summed E-state index contributed by atoms with van der Waals surface area (Å²) in [5.41, 5.74) is 3.76. The highest BCUT2D eigenvalue weighted by Crippen LogP contribution is 2.30. The maximum absolute atomic E-state index is 12.5. The van der Waals surface area contributed by atoms with E-state index in [1.807, 2.05) is 78.2 Å². The van der Waals surface area contributed by atoms with Gasteiger partial charge in [0.05, 0.1) is 17.3 Å². The van der Waals surface area contributed by atoms with Crippen LogP contribution in [0.4, 0.5) is 5.69 Å². The molecule has 0 bridgehead atoms. The van der Waals surface area contributed by atoms with Crippen LogP contribution in [0.25, 0.3) is 11.4 Å². The van der Waals surface area contributed by atoms with Crippen molar-refractivity contribution in [2.24, 2.45) is 0 Å². The lowest BCUT2D eigenvalue weighted by Crippen LogP contribution is -2.15. The first-order chi connectivity index (χ1) is 15.1. The number of nitrogens with zero attached hydrogens (tertiary/aromatic N) is 3. The van der Waals surface area contributed by atoms with Crippen molar-refractivity contribution in [3.05, 3.63) is 95.0 Å². The molecule has 0 spiro atoms. The van der Waals surface area contributed by atoms with Crippen molar-refractivity contribution in [2.45, 2.75) is 18.6 Å². The first kappa shape index (κ1) is 21.2. The Morgan fingerprint density at radius 2 is 1.68 bits per heavy atom. The molecule has 0 aliphatic heterocycles. The molecule has 1 amide bonds. The van der Waals surface area contributed by atoms with Crippen LogP contribution in [-0.2, 0) is 11.3 Å². The van der Waals surface area contributed by atoms with Gasteiger partial charge in [-0.25, -0.2) is 0 Å². The normalized spacial score (nSPS) is 10.8. The minimum Gasteiger partial charge on any atom is -0.325 e. The Hall–Kier alpha value is -3.09. The molecule has 1 heterocycles. The second-order valence-corrected chi connectivity index (χ2v) is 8.36. The van der Waals surface area contributed by atoms with Crippen LogP contribution in [0.5, 0.6) is 0 Å². The largest absolute Gasteiger partial charge is 0.325 e. The van der Waals surface area contributed by atoms with E-state index in [1.165, 1.54) is 11.8 Å². The maximum atomic E-state index is 12.5. The number of para-hydroxylation sites is 1. The number of aryl methyl sites for hydroxylation is 1. The molecular formula is C24H21ClN4OS. The van der Waals surface area contributed by atoms with Crippen LogP contribution in [-0.4, -0.2) is 26.4 Å². The summed E-state index contributed by atoms with van der Waals surface area (Å²) in [6, 6.07) is 25.4. The van der Waals surface area contributed by atoms with E-state index in [9.17, 15) is 4.79 Å². The quantitative estimate of drug-likeness (QED) is 0.369. The zero-order valence-electron chi connectivity index (χ0n) is 17.0. The molecule has 1 N–H and O–H groups in total. The molecule has 0 aliphatic carbocycles. The number of carbonyl (C=O) groups is 1. The van der Waals surface area contributed by atoms with Crippen LogP contribution in [0.2, 0.25) is 5.02 Å². The maximum Gasteiger partial charge on any atom is 0.234 e. The molecule has 0 fully saturated rings. The minimum absolute atomic E-state index is 0.0899. The van der Waals surface area contributed by atoms with Crippen LogP contribution in [0.3, 0.4) is 0 Å². The summed E-state index contributed by atoms with van der Waals surface area (Å²) in [5.74, 6) is 0.813. The first-order valence-corrected chi connectivity index (χ1v) is 11.2. The second kappa shape index (κ2) is 9.81. The molecule has 0 radical (unpaired) electrons. The van der Waals surface area contributed by atoms with Crippen LogP contribution in [0, 0.1) is 6.92 Å². The third kappa shape index (κ3) is 5.16. The van der Waals surface area contributed by atoms with E-state index in [2.05, 4.69) is 27.6 Å². The van der Waals surface area contributed by atoms with Gasteiger partial charge in [0.25, 0.3) is 0 Å². The van der Waals surface area contributed by atoms with Gasteiger partial charge < -0.3 is 5.32 Å². The fraction of sp³-hybridized carbons (Fsp3) is 0.125. The fourth-order valence-corrected chi connectivity index (χ4v) is 4.13. The lowest BCUT2D eigenvalue weighted by atomic mass is 10.2. The van der Waals surface area contributed by atoms with Crippen LogP contribution >= 0.6 is 23.4 Å². The first-order valence-electron chi connectivity index (χ1n) is 9.82. The Morgan fingerprint density at radius 3 is 2.45 bits per heavy atom. The van der Waals surface area contributed by atoms with E-state index < -0.39 is 0 Å². The molecule has 0 saturated carbocycles. The minimum atomic E-state index is -0.0899. The Morgan fingerprint density at radius 1 is 0.968 bits per heavy atom. The number of aromatic nitrogens is 3. The van der Waals surface area contributed by atoms with Crippen molar-refractivity contribution in [1.82, 2.24) is 14.8 Å². The third-order valence-corrected chi connectivity index (χ3v) is 6.06. The summed E-state index contributed by atoms with van der Waals surface area (Å²) in [6.45, 7) is 2.55. The van der Waals surface area contributed by atoms with Crippen LogP contribution in [0.1, 0.15) is 11.1 Å². The number of anilines is 1. The summed E-state index contributed by atoms with van der Waals surface area (Å²) in [7, 11) is 0. The van der Waals surface area contributed by atoms with Crippen molar-refractivity contribution in [3.63, 3.8) is 0 Å². The van der Waals surface area contributed by atoms with Gasteiger partial charge >= 0.3 is 0 Å². The average Bonchev–Trinajstić information content (AvgIpc) is 3.17. The number of nitrogens with one attached hydrogen (secondary N) is 1. The molecule has 0 atom stereocenters. The van der Waals surface area contributed by atoms with Gasteiger partial charge in [0.2, 0.25) is 5.91 Å². The number of amides is 1. The van der Waals surface area contributed by atoms with E-state index >= 15 is 0 Å². The Balaban J connectivity index is 1.57. The third-order valence-electron chi connectivity index (χ3n) is 4.77. The van der Waals surface area contributed by atoms with Crippen molar-refractivity contribution in [3.8, 4) is 11.4 Å². The van der Waals surface area contributed by atoms with Gasteiger partial charge in [0.15, 0.2) is 11.0 Å². The Bertz CT molecular complexity index is 1190. The summed E-state index contributed by atoms with van der Waals surface area (Å²) < 4.78 is 2.00. The molecule has 4 aromatic rings. The van der Waals surface area contributed by atoms with Crippen molar-refractivity contribution in [1.29, 1.82) is 0 Å². The standard InChI is InChI=1S/C24H21ClN4OS/c1-17-9-5-8-14-21(17)26-22(30)16-31-24-28-27-23(19-12-6-7-13-20(19)25)29(24)15-18-10-3-2-4-11-18/h2-14H,15-16H2,1H3,(H,26,30). The number of thioether (sulfide) groups is 1. The van der Waals surface area contributed by atoms with Gasteiger partial charge in [-0.1, -0.05) is 84.0 Å². The molecule has 1 aromatic heterocycles. The van der Waals surface area contributed by atoms with E-state index in [0.717, 1.165) is 22.4 Å². The van der Waals surface area contributed by atoms with Crippen LogP contribution in [0.15, 0.2) is 84.0 Å². The molecule has 7 heteroatoms. The van der Waals surface area contributed by atoms with E-state index in [4.69, 9.17) is 11.6 Å². The summed E-state index contributed by atoms with van der Waals surface area (Å²) in [4.78, 5) is 12.5. The lowest BCUT2D eigenvalue weighted by Gasteiger charge is -2.12. The summed E-state index contributed by atoms with van der Waals surface area (Å²) in [5, 5.41) is 13.0. The van der Waals surface area contributed by atoms with Gasteiger partial charge in [0.1, 0.15) is 0 Å². The predicted octanol–water partition coefficient (Wildman–Crippen LogP) is 5.69. The average molecular weight is 449 g/mol. The number of rotatable bonds is 7. The van der Waals surface area contributed by atoms with Gasteiger partial charge in [-0.15, -0.1) is 10.2 Å². The van der Waals surface area contributed by atoms with E-state index in [0.29, 0.717) is 22.5 Å². The number of benzene rings is 3. The van der Waals surface area contributed by atoms with E-state index in [1.54, 1.807) is 0 Å². The lowest BCUT2D eigenvalue weighted by molar-refractivity contribution is -0.113. The van der Waals surface area contributed by atoms with Crippen LogP contribution < -0.4 is 5.32 Å². The molecule has 31 heavy (non-hydrogen) atoms. The SMILES string of the molecule is Cc1ccccc1NC(=O)CSc1nnc(-c2ccccc2Cl)n1Cc1ccccc1. The Labute approximate surface area is 190 Å². The van der Waals surface area contributed by atoms with Gasteiger partial charge in [-0.2, -0.15) is 0 Å². The molecule has 0 unspecified atom stereocenters. The highest BCUT2D eigenvalue weighted by molar-refractivity contribution is 7.99. The predicted molar refractivity (Wildman–Crippen MR) is 127 cm³/mol. The van der Waals surface area contributed by atoms with Gasteiger partial charge in [-0.05, 0) is 36.2 Å². The van der Waals surface area contributed by atoms with Crippen molar-refractivity contribution < 1.29 is 4.79 Å². The zero-order chi connectivity index (χ0) is 21.6. The highest BCUT2D eigenvalue weighted by Gasteiger charge is 2.18. The van der Waals surface area contributed by atoms with E-state index in [-0.39, 0.29) is 11.7 Å². The molecule has 5 nitrogen and oxygen atoms in total. The molecule has 0 saturated heterocycles. The number of hydrogen-bond donors (Lipinski definition) is 1. The smallest absolute Gasteiger partial charge is 0.234 e. The fourth-order valence-electron chi connectivity index (χ4n) is 3.18. The number of hydrogen-bond acceptors (Lipinski definition) is 4. The number of halogens is 1. The Kier molecular flexibility index (Phi) is 6.70. The number of carbonyl (C=O) groups excluding carboxylic acids is 1.